The van der Waals surface area contributed by atoms with E-state index in [1.165, 1.54) is 12.1 Å². The Morgan fingerprint density at radius 2 is 1.00 bits per heavy atom. The van der Waals surface area contributed by atoms with E-state index in [0.29, 0.717) is 16.7 Å². The average Bonchev–Trinajstić information content (AvgIpc) is 3.47. The number of ether oxygens (including phenoxy) is 5. The molecule has 5 aromatic rings. The molecular formula is C57H66N6O15. The highest BCUT2D eigenvalue weighted by Crippen LogP contribution is 2.23. The molecule has 0 aliphatic carbocycles. The van der Waals surface area contributed by atoms with Gasteiger partial charge in [-0.1, -0.05) is 147 Å². The summed E-state index contributed by atoms with van der Waals surface area (Å²) in [6, 6.07) is 38.2. The summed E-state index contributed by atoms with van der Waals surface area (Å²) in [4.78, 5) is 93.2. The predicted molar refractivity (Wildman–Crippen MR) is 281 cm³/mol. The molecule has 9 N–H and O–H groups in total. The lowest BCUT2D eigenvalue weighted by atomic mass is 9.98. The lowest BCUT2D eigenvalue weighted by Gasteiger charge is -2.40. The van der Waals surface area contributed by atoms with Gasteiger partial charge in [-0.15, -0.1) is 0 Å². The van der Waals surface area contributed by atoms with Crippen LogP contribution in [0.1, 0.15) is 48.1 Å². The molecule has 6 rings (SSSR count). The number of benzene rings is 5. The Morgan fingerprint density at radius 1 is 0.500 bits per heavy atom. The lowest BCUT2D eigenvalue weighted by molar-refractivity contribution is -0.298. The number of aliphatic hydroxyl groups excluding tert-OH is 3. The summed E-state index contributed by atoms with van der Waals surface area (Å²) in [6.07, 6.45) is -9.17. The fourth-order valence-electron chi connectivity index (χ4n) is 8.00. The van der Waals surface area contributed by atoms with Crippen LogP contribution in [-0.4, -0.2) is 126 Å². The van der Waals surface area contributed by atoms with Gasteiger partial charge in [-0.2, -0.15) is 0 Å². The van der Waals surface area contributed by atoms with Gasteiger partial charge in [-0.25, -0.2) is 9.59 Å². The molecule has 1 fully saturated rings. The molecule has 1 saturated heterocycles. The van der Waals surface area contributed by atoms with Crippen LogP contribution in [0.25, 0.3) is 0 Å². The molecule has 0 radical (unpaired) electrons. The summed E-state index contributed by atoms with van der Waals surface area (Å²) in [5.41, 5.74) is 3.44. The van der Waals surface area contributed by atoms with Crippen molar-refractivity contribution in [3.05, 3.63) is 173 Å². The topological polar surface area (TPSA) is 299 Å². The standard InChI is InChI=1S/C57H66N6O15/c1-36(2)27-43(52(69)59-30-46-49(66)50(67)51(68)55(78-46)74-33-39-17-9-4-10-18-39)62-54(71)45(28-37-15-7-3-8-16-37)61-48(65)32-58-47(64)31-60-53(70)44(63-56(72)75-34-40-19-11-5-12-20-40)29-38-23-25-42(26-24-38)77-57(73)76-35-41-21-13-6-14-22-41/h3-26,36,43-46,49-51,55,66-68H,27-35H2,1-2H3,(H,58,64)(H,59,69)(H,60,70)(H,61,65)(H,62,71)(H,63,72)/t43-,44-,45-,46+,49+,50-,51+,55+/m0/s1. The van der Waals surface area contributed by atoms with Crippen molar-refractivity contribution in [3.63, 3.8) is 0 Å². The summed E-state index contributed by atoms with van der Waals surface area (Å²) in [5, 5.41) is 47.4. The van der Waals surface area contributed by atoms with Gasteiger partial charge in [0.15, 0.2) is 6.29 Å². The van der Waals surface area contributed by atoms with Crippen LogP contribution in [0.5, 0.6) is 5.75 Å². The minimum Gasteiger partial charge on any atom is -0.445 e. The number of hydrogen-bond donors (Lipinski definition) is 9. The number of carbonyl (C=O) groups is 7. The molecule has 0 spiro atoms. The maximum Gasteiger partial charge on any atom is 0.514 e. The van der Waals surface area contributed by atoms with Crippen molar-refractivity contribution in [2.75, 3.05) is 19.6 Å². The van der Waals surface area contributed by atoms with Gasteiger partial charge < -0.3 is 70.9 Å². The second kappa shape index (κ2) is 30.5. The van der Waals surface area contributed by atoms with Gasteiger partial charge in [0.1, 0.15) is 61.5 Å². The van der Waals surface area contributed by atoms with E-state index >= 15 is 0 Å². The number of alkyl carbamates (subject to hydrolysis) is 1. The van der Waals surface area contributed by atoms with E-state index in [-0.39, 0.29) is 57.3 Å². The normalized spacial score (nSPS) is 17.9. The summed E-state index contributed by atoms with van der Waals surface area (Å²) in [7, 11) is 0. The largest absolute Gasteiger partial charge is 0.514 e. The molecule has 0 saturated carbocycles. The summed E-state index contributed by atoms with van der Waals surface area (Å²) >= 11 is 0. The number of nitrogens with one attached hydrogen (secondary N) is 6. The molecule has 6 amide bonds. The summed E-state index contributed by atoms with van der Waals surface area (Å²) in [5.74, 6) is -3.67. The van der Waals surface area contributed by atoms with Crippen molar-refractivity contribution < 1.29 is 72.6 Å². The molecule has 21 heteroatoms. The highest BCUT2D eigenvalue weighted by atomic mass is 16.7. The third-order valence-corrected chi connectivity index (χ3v) is 12.1. The molecule has 0 unspecified atom stereocenters. The van der Waals surface area contributed by atoms with Gasteiger partial charge in [0, 0.05) is 19.4 Å². The van der Waals surface area contributed by atoms with Crippen LogP contribution in [0.15, 0.2) is 146 Å². The van der Waals surface area contributed by atoms with Gasteiger partial charge in [0.25, 0.3) is 0 Å². The van der Waals surface area contributed by atoms with Gasteiger partial charge in [-0.3, -0.25) is 24.0 Å². The van der Waals surface area contributed by atoms with E-state index in [1.807, 2.05) is 38.1 Å². The van der Waals surface area contributed by atoms with Crippen molar-refractivity contribution in [3.8, 4) is 5.75 Å². The van der Waals surface area contributed by atoms with Crippen LogP contribution >= 0.6 is 0 Å². The fourth-order valence-corrected chi connectivity index (χ4v) is 8.00. The first-order valence-electron chi connectivity index (χ1n) is 25.4. The Morgan fingerprint density at radius 3 is 1.58 bits per heavy atom. The van der Waals surface area contributed by atoms with Crippen LogP contribution < -0.4 is 36.6 Å². The highest BCUT2D eigenvalue weighted by Gasteiger charge is 2.44. The Bertz CT molecular complexity index is 2710. The van der Waals surface area contributed by atoms with Gasteiger partial charge in [-0.05, 0) is 52.3 Å². The number of rotatable bonds is 26. The van der Waals surface area contributed by atoms with Crippen molar-refractivity contribution in [2.24, 2.45) is 5.92 Å². The minimum atomic E-state index is -1.66. The van der Waals surface area contributed by atoms with Crippen molar-refractivity contribution >= 4 is 41.8 Å². The Kier molecular flexibility index (Phi) is 23.1. The Balaban J connectivity index is 1.02. The third kappa shape index (κ3) is 19.7. The van der Waals surface area contributed by atoms with E-state index in [2.05, 4.69) is 31.9 Å². The van der Waals surface area contributed by atoms with Gasteiger partial charge in [0.05, 0.1) is 19.7 Å². The molecule has 1 aliphatic rings. The van der Waals surface area contributed by atoms with E-state index in [0.717, 1.165) is 11.1 Å². The van der Waals surface area contributed by atoms with Crippen LogP contribution in [-0.2, 0) is 75.6 Å². The molecule has 0 aromatic heterocycles. The smallest absolute Gasteiger partial charge is 0.445 e. The quantitative estimate of drug-likeness (QED) is 0.0284. The third-order valence-electron chi connectivity index (χ3n) is 12.1. The second-order valence-electron chi connectivity index (χ2n) is 18.8. The van der Waals surface area contributed by atoms with Crippen LogP contribution in [0.4, 0.5) is 9.59 Å². The molecular weight excluding hydrogens is 1010 g/mol. The fraction of sp³-hybridized carbons (Fsp3) is 0.351. The zero-order chi connectivity index (χ0) is 55.8. The molecule has 1 aliphatic heterocycles. The number of hydrogen-bond acceptors (Lipinski definition) is 15. The maximum absolute atomic E-state index is 14.0. The summed E-state index contributed by atoms with van der Waals surface area (Å²) < 4.78 is 27.3. The zero-order valence-electron chi connectivity index (χ0n) is 43.2. The molecule has 8 atom stereocenters. The highest BCUT2D eigenvalue weighted by molar-refractivity contribution is 5.94. The maximum atomic E-state index is 14.0. The van der Waals surface area contributed by atoms with Crippen molar-refractivity contribution in [1.29, 1.82) is 0 Å². The monoisotopic (exact) mass is 1070 g/mol. The Labute approximate surface area is 451 Å². The molecule has 414 valence electrons. The Hall–Kier alpha value is -8.21. The number of amides is 6. The van der Waals surface area contributed by atoms with E-state index in [4.69, 9.17) is 23.7 Å². The van der Waals surface area contributed by atoms with Gasteiger partial charge >= 0.3 is 12.2 Å². The average molecular weight is 1080 g/mol. The van der Waals surface area contributed by atoms with Crippen LogP contribution in [0.2, 0.25) is 0 Å². The predicted octanol–water partition coefficient (Wildman–Crippen LogP) is 2.87. The van der Waals surface area contributed by atoms with E-state index in [9.17, 15) is 48.9 Å². The van der Waals surface area contributed by atoms with E-state index in [1.54, 1.807) is 109 Å². The lowest BCUT2D eigenvalue weighted by Crippen LogP contribution is -2.61. The molecule has 78 heavy (non-hydrogen) atoms. The van der Waals surface area contributed by atoms with Crippen molar-refractivity contribution in [2.45, 2.75) is 102 Å². The zero-order valence-corrected chi connectivity index (χ0v) is 43.2. The number of carbonyl (C=O) groups excluding carboxylic acids is 7. The van der Waals surface area contributed by atoms with Crippen molar-refractivity contribution in [1.82, 2.24) is 31.9 Å². The number of aliphatic hydroxyl groups is 3. The first-order chi connectivity index (χ1) is 37.6. The molecule has 0 bridgehead atoms. The SMILES string of the molecule is CC(C)C[C@H](NC(=O)[C@H](Cc1ccccc1)NC(=O)CNC(=O)CNC(=O)[C@H](Cc1ccc(OC(=O)OCc2ccccc2)cc1)NC(=O)OCc1ccccc1)C(=O)NC[C@H]1O[C@@H](OCc2ccccc2)[C@H](O)[C@@H](O)[C@@H]1O. The van der Waals surface area contributed by atoms with Crippen LogP contribution in [0, 0.1) is 5.92 Å². The molecule has 5 aromatic carbocycles. The van der Waals surface area contributed by atoms with Crippen LogP contribution in [0.3, 0.4) is 0 Å². The molecule has 1 heterocycles. The first-order valence-corrected chi connectivity index (χ1v) is 25.4. The summed E-state index contributed by atoms with van der Waals surface area (Å²) in [6.45, 7) is 2.05. The van der Waals surface area contributed by atoms with Gasteiger partial charge in [0.2, 0.25) is 29.5 Å². The first kappa shape index (κ1) is 59.0. The van der Waals surface area contributed by atoms with E-state index < -0.39 is 104 Å². The minimum absolute atomic E-state index is 0.00624. The second-order valence-corrected chi connectivity index (χ2v) is 18.8. The molecule has 21 nitrogen and oxygen atoms in total.